The number of carbonyl (C=O) groups is 1. The molecule has 0 spiro atoms. The summed E-state index contributed by atoms with van der Waals surface area (Å²) >= 11 is 0. The van der Waals surface area contributed by atoms with Gasteiger partial charge in [0.15, 0.2) is 0 Å². The topological polar surface area (TPSA) is 65.2 Å². The van der Waals surface area contributed by atoms with E-state index in [9.17, 15) is 4.79 Å². The van der Waals surface area contributed by atoms with Crippen molar-refractivity contribution in [3.8, 4) is 5.75 Å². The largest absolute Gasteiger partial charge is 0.492 e. The molecule has 0 saturated heterocycles. The van der Waals surface area contributed by atoms with E-state index >= 15 is 0 Å². The molecule has 0 aliphatic heterocycles. The van der Waals surface area contributed by atoms with Gasteiger partial charge in [0.1, 0.15) is 11.5 Å². The summed E-state index contributed by atoms with van der Waals surface area (Å²) < 4.78 is 6.02. The van der Waals surface area contributed by atoms with Crippen molar-refractivity contribution in [3.63, 3.8) is 0 Å². The molecule has 2 saturated carbocycles. The number of ether oxygens (including phenoxy) is 1. The van der Waals surface area contributed by atoms with Crippen molar-refractivity contribution in [2.24, 2.45) is 23.5 Å². The van der Waals surface area contributed by atoms with Gasteiger partial charge in [0, 0.05) is 12.3 Å². The number of hydrogen-bond acceptors (Lipinski definition) is 4. The van der Waals surface area contributed by atoms with Crippen LogP contribution in [0.3, 0.4) is 0 Å². The Morgan fingerprint density at radius 3 is 2.45 bits per heavy atom. The van der Waals surface area contributed by atoms with Crippen molar-refractivity contribution >= 4 is 11.5 Å². The monoisotopic (exact) mass is 426 g/mol. The van der Waals surface area contributed by atoms with Crippen LogP contribution in [0.15, 0.2) is 37.1 Å². The molecule has 2 N–H and O–H groups in total. The molecule has 31 heavy (non-hydrogen) atoms. The molecule has 2 aliphatic rings. The van der Waals surface area contributed by atoms with E-state index in [1.165, 1.54) is 44.9 Å². The number of aromatic nitrogens is 1. The fraction of sp³-hybridized carbons (Fsp3) is 0.630. The lowest BCUT2D eigenvalue weighted by Gasteiger charge is -2.24. The van der Waals surface area contributed by atoms with Gasteiger partial charge in [0.25, 0.3) is 0 Å². The molecular formula is C27H42N2O2. The molecule has 2 atom stereocenters. The van der Waals surface area contributed by atoms with Gasteiger partial charge in [0.05, 0.1) is 24.2 Å². The van der Waals surface area contributed by atoms with Crippen LogP contribution in [0.4, 0.5) is 0 Å². The molecule has 0 bridgehead atoms. The first-order valence-corrected chi connectivity index (χ1v) is 12.4. The first-order chi connectivity index (χ1) is 15.2. The van der Waals surface area contributed by atoms with Crippen LogP contribution in [-0.4, -0.2) is 17.4 Å². The Balaban J connectivity index is 0.00000166. The van der Waals surface area contributed by atoms with Crippen molar-refractivity contribution in [3.05, 3.63) is 42.8 Å². The zero-order valence-corrected chi connectivity index (χ0v) is 19.7. The molecule has 1 unspecified atom stereocenters. The molecule has 4 nitrogen and oxygen atoms in total. The smallest absolute Gasteiger partial charge is 0.137 e. The Kier molecular flexibility index (Phi) is 11.4. The van der Waals surface area contributed by atoms with E-state index in [0.717, 1.165) is 37.1 Å². The van der Waals surface area contributed by atoms with Gasteiger partial charge in [-0.25, -0.2) is 0 Å². The third kappa shape index (κ3) is 8.51. The van der Waals surface area contributed by atoms with Crippen molar-refractivity contribution < 1.29 is 9.53 Å². The second-order valence-electron chi connectivity index (χ2n) is 8.81. The summed E-state index contributed by atoms with van der Waals surface area (Å²) in [6.07, 6.45) is 17.9. The SMILES string of the molecule is C=C/C=C(\N)c1ccc(OC[C@@H]2CCCCC(C(=O)CC3CCCCC3)C2)cn1.CC. The fourth-order valence-corrected chi connectivity index (χ4v) is 4.81. The number of rotatable bonds is 8. The number of ketones is 1. The lowest BCUT2D eigenvalue weighted by Crippen LogP contribution is -2.23. The molecule has 2 fully saturated rings. The number of carbonyl (C=O) groups excluding carboxylic acids is 1. The van der Waals surface area contributed by atoms with E-state index in [1.54, 1.807) is 18.3 Å². The summed E-state index contributed by atoms with van der Waals surface area (Å²) in [5.41, 5.74) is 7.24. The van der Waals surface area contributed by atoms with E-state index < -0.39 is 0 Å². The van der Waals surface area contributed by atoms with Gasteiger partial charge in [0.2, 0.25) is 0 Å². The van der Waals surface area contributed by atoms with E-state index in [-0.39, 0.29) is 5.92 Å². The van der Waals surface area contributed by atoms with Crippen LogP contribution in [-0.2, 0) is 4.79 Å². The average Bonchev–Trinajstić information content (AvgIpc) is 3.06. The van der Waals surface area contributed by atoms with E-state index in [1.807, 2.05) is 26.0 Å². The normalized spacial score (nSPS) is 22.6. The Bertz CT molecular complexity index is 690. The summed E-state index contributed by atoms with van der Waals surface area (Å²) in [6.45, 7) is 8.31. The van der Waals surface area contributed by atoms with Crippen LogP contribution in [0.5, 0.6) is 5.75 Å². The Morgan fingerprint density at radius 1 is 1.10 bits per heavy atom. The maximum atomic E-state index is 12.9. The summed E-state index contributed by atoms with van der Waals surface area (Å²) in [4.78, 5) is 17.3. The number of hydrogen-bond donors (Lipinski definition) is 1. The molecule has 0 radical (unpaired) electrons. The maximum absolute atomic E-state index is 12.9. The zero-order chi connectivity index (χ0) is 22.5. The van der Waals surface area contributed by atoms with Crippen LogP contribution < -0.4 is 10.5 Å². The van der Waals surface area contributed by atoms with Gasteiger partial charge < -0.3 is 10.5 Å². The number of allylic oxidation sites excluding steroid dienone is 2. The standard InChI is InChI=1S/C25H36N2O2.C2H6/c1-2-8-23(26)24-14-13-22(17-27-24)29-18-20-11-6-7-12-21(15-20)25(28)16-19-9-4-3-5-10-19;1-2/h2,8,13-14,17,19-21H,1,3-7,9-12,15-16,18,26H2;1-2H3/b23-8-;/t20-,21?;/m1./s1. The number of nitrogens with zero attached hydrogens (tertiary/aromatic N) is 1. The fourth-order valence-electron chi connectivity index (χ4n) is 4.81. The van der Waals surface area contributed by atoms with Gasteiger partial charge >= 0.3 is 0 Å². The summed E-state index contributed by atoms with van der Waals surface area (Å²) in [6, 6.07) is 3.78. The lowest BCUT2D eigenvalue weighted by molar-refractivity contribution is -0.124. The third-order valence-electron chi connectivity index (χ3n) is 6.52. The predicted octanol–water partition coefficient (Wildman–Crippen LogP) is 6.71. The van der Waals surface area contributed by atoms with Crippen molar-refractivity contribution in [1.29, 1.82) is 0 Å². The summed E-state index contributed by atoms with van der Waals surface area (Å²) in [5, 5.41) is 0. The van der Waals surface area contributed by atoms with Crippen molar-refractivity contribution in [2.45, 2.75) is 84.5 Å². The highest BCUT2D eigenvalue weighted by atomic mass is 16.5. The maximum Gasteiger partial charge on any atom is 0.137 e. The van der Waals surface area contributed by atoms with Gasteiger partial charge in [-0.05, 0) is 49.3 Å². The first-order valence-electron chi connectivity index (χ1n) is 12.4. The molecule has 4 heteroatoms. The highest BCUT2D eigenvalue weighted by molar-refractivity contribution is 5.81. The number of pyridine rings is 1. The van der Waals surface area contributed by atoms with E-state index in [2.05, 4.69) is 11.6 Å². The Hall–Kier alpha value is -2.10. The van der Waals surface area contributed by atoms with Crippen LogP contribution >= 0.6 is 0 Å². The summed E-state index contributed by atoms with van der Waals surface area (Å²) in [7, 11) is 0. The molecule has 1 aromatic rings. The minimum absolute atomic E-state index is 0.234. The lowest BCUT2D eigenvalue weighted by atomic mass is 9.81. The highest BCUT2D eigenvalue weighted by Crippen LogP contribution is 2.33. The third-order valence-corrected chi connectivity index (χ3v) is 6.52. The van der Waals surface area contributed by atoms with E-state index in [4.69, 9.17) is 10.5 Å². The quantitative estimate of drug-likeness (QED) is 0.371. The van der Waals surface area contributed by atoms with Gasteiger partial charge in [-0.2, -0.15) is 0 Å². The molecular weight excluding hydrogens is 384 g/mol. The molecule has 0 amide bonds. The molecule has 0 aromatic carbocycles. The first kappa shape index (κ1) is 25.2. The number of Topliss-reactive ketones (excluding diaryl/α,β-unsaturated/α-hetero) is 1. The molecule has 3 rings (SSSR count). The van der Waals surface area contributed by atoms with Gasteiger partial charge in [-0.1, -0.05) is 71.4 Å². The van der Waals surface area contributed by atoms with Crippen LogP contribution in [0.2, 0.25) is 0 Å². The Morgan fingerprint density at radius 2 is 1.77 bits per heavy atom. The second kappa shape index (κ2) is 14.1. The minimum atomic E-state index is 0.234. The van der Waals surface area contributed by atoms with E-state index in [0.29, 0.717) is 29.9 Å². The molecule has 1 aromatic heterocycles. The second-order valence-corrected chi connectivity index (χ2v) is 8.81. The number of nitrogens with two attached hydrogens (primary N) is 1. The van der Waals surface area contributed by atoms with Crippen LogP contribution in [0, 0.1) is 17.8 Å². The van der Waals surface area contributed by atoms with Crippen LogP contribution in [0.25, 0.3) is 5.70 Å². The van der Waals surface area contributed by atoms with Crippen molar-refractivity contribution in [2.75, 3.05) is 6.61 Å². The summed E-state index contributed by atoms with van der Waals surface area (Å²) in [5.74, 6) is 2.59. The van der Waals surface area contributed by atoms with Crippen molar-refractivity contribution in [1.82, 2.24) is 4.98 Å². The van der Waals surface area contributed by atoms with Gasteiger partial charge in [-0.15, -0.1) is 0 Å². The highest BCUT2D eigenvalue weighted by Gasteiger charge is 2.28. The molecule has 172 valence electrons. The zero-order valence-electron chi connectivity index (χ0n) is 19.7. The van der Waals surface area contributed by atoms with Crippen LogP contribution in [0.1, 0.15) is 90.2 Å². The average molecular weight is 427 g/mol. The van der Waals surface area contributed by atoms with Gasteiger partial charge in [-0.3, -0.25) is 9.78 Å². The Labute approximate surface area is 189 Å². The predicted molar refractivity (Wildman–Crippen MR) is 130 cm³/mol. The molecule has 2 aliphatic carbocycles. The molecule has 1 heterocycles. The minimum Gasteiger partial charge on any atom is -0.492 e.